The van der Waals surface area contributed by atoms with Crippen LogP contribution in [0.25, 0.3) is 11.0 Å². The van der Waals surface area contributed by atoms with E-state index in [1.54, 1.807) is 60.8 Å². The van der Waals surface area contributed by atoms with Crippen molar-refractivity contribution in [3.63, 3.8) is 0 Å². The molecule has 0 unspecified atom stereocenters. The fourth-order valence-electron chi connectivity index (χ4n) is 5.66. The van der Waals surface area contributed by atoms with Crippen molar-refractivity contribution in [1.29, 1.82) is 0 Å². The van der Waals surface area contributed by atoms with E-state index in [4.69, 9.17) is 9.15 Å². The Morgan fingerprint density at radius 3 is 2.51 bits per heavy atom. The Balaban J connectivity index is 1.47. The van der Waals surface area contributed by atoms with Crippen molar-refractivity contribution in [2.75, 3.05) is 43.7 Å². The highest BCUT2D eigenvalue weighted by Crippen LogP contribution is 2.39. The maximum atomic E-state index is 13.5. The number of methoxy groups -OCH3 is 1. The Bertz CT molecular complexity index is 1720. The molecule has 4 aromatic rings. The predicted molar refractivity (Wildman–Crippen MR) is 166 cm³/mol. The molecule has 1 aromatic carbocycles. The van der Waals surface area contributed by atoms with Crippen LogP contribution in [0.1, 0.15) is 36.4 Å². The summed E-state index contributed by atoms with van der Waals surface area (Å²) >= 11 is 0. The van der Waals surface area contributed by atoms with Gasteiger partial charge in [0.15, 0.2) is 0 Å². The summed E-state index contributed by atoms with van der Waals surface area (Å²) in [6.45, 7) is 10.1. The van der Waals surface area contributed by atoms with Gasteiger partial charge in [-0.1, -0.05) is 12.1 Å². The molecule has 0 spiro atoms. The van der Waals surface area contributed by atoms with Crippen LogP contribution in [0.5, 0.6) is 0 Å². The van der Waals surface area contributed by atoms with E-state index in [1.165, 1.54) is 0 Å². The molecule has 226 valence electrons. The van der Waals surface area contributed by atoms with Crippen LogP contribution in [-0.2, 0) is 34.0 Å². The van der Waals surface area contributed by atoms with Gasteiger partial charge in [0, 0.05) is 65.0 Å². The second-order valence-electron chi connectivity index (χ2n) is 11.7. The second-order valence-corrected chi connectivity index (χ2v) is 11.7. The first-order valence-electron chi connectivity index (χ1n) is 14.5. The summed E-state index contributed by atoms with van der Waals surface area (Å²) in [6, 6.07) is 13.5. The fourth-order valence-corrected chi connectivity index (χ4v) is 5.66. The van der Waals surface area contributed by atoms with Gasteiger partial charge in [-0.3, -0.25) is 24.3 Å². The maximum absolute atomic E-state index is 13.5. The van der Waals surface area contributed by atoms with Crippen molar-refractivity contribution >= 4 is 34.2 Å². The second kappa shape index (κ2) is 12.1. The lowest BCUT2D eigenvalue weighted by Crippen LogP contribution is -2.48. The number of fused-ring (bicyclic) bond motifs is 2. The zero-order valence-electron chi connectivity index (χ0n) is 25.7. The molecule has 1 aliphatic rings. The van der Waals surface area contributed by atoms with Gasteiger partial charge in [0.05, 0.1) is 23.4 Å². The SMILES string of the molecule is COCCN1C(=O)C(C)(C)C(=O)N(C)c2cc(CN(CCn3ccc4oc(C)cc4c3=O)Cc3cccnc3C)ccc21. The summed E-state index contributed by atoms with van der Waals surface area (Å²) in [5.74, 6) is 0.191. The van der Waals surface area contributed by atoms with Crippen molar-refractivity contribution in [3.05, 3.63) is 87.8 Å². The minimum atomic E-state index is -1.21. The number of anilines is 2. The van der Waals surface area contributed by atoms with E-state index in [0.29, 0.717) is 67.4 Å². The van der Waals surface area contributed by atoms with Crippen LogP contribution in [0.2, 0.25) is 0 Å². The summed E-state index contributed by atoms with van der Waals surface area (Å²) in [6.07, 6.45) is 3.56. The Morgan fingerprint density at radius 2 is 1.77 bits per heavy atom. The van der Waals surface area contributed by atoms with Gasteiger partial charge in [0.1, 0.15) is 16.8 Å². The van der Waals surface area contributed by atoms with Crippen molar-refractivity contribution in [2.45, 2.75) is 47.3 Å². The zero-order valence-corrected chi connectivity index (χ0v) is 25.7. The molecule has 2 amide bonds. The van der Waals surface area contributed by atoms with E-state index >= 15 is 0 Å². The van der Waals surface area contributed by atoms with E-state index in [0.717, 1.165) is 16.8 Å². The summed E-state index contributed by atoms with van der Waals surface area (Å²) in [5.41, 5.74) is 3.66. The molecule has 4 heterocycles. The first kappa shape index (κ1) is 30.2. The molecule has 0 radical (unpaired) electrons. The molecule has 0 aliphatic carbocycles. The summed E-state index contributed by atoms with van der Waals surface area (Å²) in [5, 5.41) is 0.573. The third-order valence-electron chi connectivity index (χ3n) is 8.18. The van der Waals surface area contributed by atoms with Gasteiger partial charge in [-0.15, -0.1) is 0 Å². The lowest BCUT2D eigenvalue weighted by Gasteiger charge is -2.28. The van der Waals surface area contributed by atoms with Crippen molar-refractivity contribution < 1.29 is 18.7 Å². The van der Waals surface area contributed by atoms with E-state index in [1.807, 2.05) is 44.2 Å². The van der Waals surface area contributed by atoms with Crippen molar-refractivity contribution in [1.82, 2.24) is 14.5 Å². The van der Waals surface area contributed by atoms with Gasteiger partial charge in [-0.05, 0) is 69.2 Å². The van der Waals surface area contributed by atoms with Gasteiger partial charge in [0.25, 0.3) is 5.56 Å². The standard InChI is InChI=1S/C33H39N5O5/c1-22-18-26-29(43-22)11-13-37(30(26)39)15-14-36(21-25-8-7-12-34-23(25)2)20-24-9-10-27-28(19-24)35(5)31(40)33(3,4)32(41)38(27)16-17-42-6/h7-13,18-19H,14-17,20-21H2,1-6H3. The predicted octanol–water partition coefficient (Wildman–Crippen LogP) is 4.29. The first-order valence-corrected chi connectivity index (χ1v) is 14.5. The number of carbonyl (C=O) groups excluding carboxylic acids is 2. The Labute approximate surface area is 251 Å². The van der Waals surface area contributed by atoms with E-state index in [-0.39, 0.29) is 17.4 Å². The molecular formula is C33H39N5O5. The van der Waals surface area contributed by atoms with Gasteiger partial charge in [-0.25, -0.2) is 0 Å². The minimum Gasteiger partial charge on any atom is -0.461 e. The topological polar surface area (TPSA) is 101 Å². The molecule has 3 aromatic heterocycles. The van der Waals surface area contributed by atoms with E-state index < -0.39 is 5.41 Å². The molecule has 0 fully saturated rings. The number of hydrogen-bond acceptors (Lipinski definition) is 7. The molecule has 0 saturated carbocycles. The average Bonchev–Trinajstić information content (AvgIpc) is 3.36. The van der Waals surface area contributed by atoms with Crippen LogP contribution in [-0.4, -0.2) is 60.1 Å². The summed E-state index contributed by atoms with van der Waals surface area (Å²) < 4.78 is 12.6. The highest BCUT2D eigenvalue weighted by molar-refractivity contribution is 6.20. The average molecular weight is 586 g/mol. The normalized spacial score (nSPS) is 15.0. The number of rotatable bonds is 10. The number of benzene rings is 1. The lowest BCUT2D eigenvalue weighted by molar-refractivity contribution is -0.137. The van der Waals surface area contributed by atoms with Crippen molar-refractivity contribution in [3.8, 4) is 0 Å². The lowest BCUT2D eigenvalue weighted by atomic mass is 9.90. The van der Waals surface area contributed by atoms with Crippen LogP contribution in [0.15, 0.2) is 64.1 Å². The number of aromatic nitrogens is 2. The smallest absolute Gasteiger partial charge is 0.261 e. The molecule has 0 N–H and O–H groups in total. The number of carbonyl (C=O) groups is 2. The van der Waals surface area contributed by atoms with Gasteiger partial charge in [-0.2, -0.15) is 0 Å². The number of pyridine rings is 2. The van der Waals surface area contributed by atoms with Crippen LogP contribution in [0, 0.1) is 19.3 Å². The monoisotopic (exact) mass is 585 g/mol. The van der Waals surface area contributed by atoms with Crippen LogP contribution < -0.4 is 15.4 Å². The number of amides is 2. The molecule has 10 heteroatoms. The quantitative estimate of drug-likeness (QED) is 0.256. The highest BCUT2D eigenvalue weighted by atomic mass is 16.5. The van der Waals surface area contributed by atoms with Gasteiger partial charge >= 0.3 is 0 Å². The Kier molecular flexibility index (Phi) is 8.52. The summed E-state index contributed by atoms with van der Waals surface area (Å²) in [7, 11) is 3.31. The molecular weight excluding hydrogens is 546 g/mol. The zero-order chi connectivity index (χ0) is 30.9. The van der Waals surface area contributed by atoms with E-state index in [9.17, 15) is 14.4 Å². The molecule has 1 aliphatic heterocycles. The highest BCUT2D eigenvalue weighted by Gasteiger charge is 2.45. The van der Waals surface area contributed by atoms with Crippen molar-refractivity contribution in [2.24, 2.45) is 5.41 Å². The van der Waals surface area contributed by atoms with E-state index in [2.05, 4.69) is 16.0 Å². The van der Waals surface area contributed by atoms with Gasteiger partial charge in [0.2, 0.25) is 11.8 Å². The largest absolute Gasteiger partial charge is 0.461 e. The molecule has 5 rings (SSSR count). The third kappa shape index (κ3) is 5.98. The van der Waals surface area contributed by atoms with Crippen LogP contribution >= 0.6 is 0 Å². The molecule has 43 heavy (non-hydrogen) atoms. The number of aryl methyl sites for hydroxylation is 2. The summed E-state index contributed by atoms with van der Waals surface area (Å²) in [4.78, 5) is 50.1. The Morgan fingerprint density at radius 1 is 0.977 bits per heavy atom. The molecule has 0 saturated heterocycles. The fraction of sp³-hybridized carbons (Fsp3) is 0.394. The number of furan rings is 1. The minimum absolute atomic E-state index is 0.0829. The maximum Gasteiger partial charge on any atom is 0.261 e. The number of nitrogens with zero attached hydrogens (tertiary/aromatic N) is 5. The molecule has 10 nitrogen and oxygen atoms in total. The third-order valence-corrected chi connectivity index (χ3v) is 8.18. The number of hydrogen-bond donors (Lipinski definition) is 0. The van der Waals surface area contributed by atoms with Crippen LogP contribution in [0.3, 0.4) is 0 Å². The molecule has 0 atom stereocenters. The molecule has 0 bridgehead atoms. The first-order chi connectivity index (χ1) is 20.5. The van der Waals surface area contributed by atoms with Gasteiger partial charge < -0.3 is 23.5 Å². The van der Waals surface area contributed by atoms with Crippen LogP contribution in [0.4, 0.5) is 11.4 Å². The Hall–Kier alpha value is -4.28. The number of ether oxygens (including phenoxy) is 1.